The average Bonchev–Trinajstić information content (AvgIpc) is 2.60. The van der Waals surface area contributed by atoms with Gasteiger partial charge in [-0.25, -0.2) is 4.79 Å². The first-order chi connectivity index (χ1) is 12.0. The van der Waals surface area contributed by atoms with Gasteiger partial charge < -0.3 is 14.7 Å². The third kappa shape index (κ3) is 6.15. The standard InChI is InChI=1S/C19H21NO4S/c1-14-5-3-4-6-17(14)25-13-18(21)20(2)11-15-7-9-16(10-8-15)24-12-19(22)23/h3-10H,11-13H2,1-2H3,(H,22,23). The van der Waals surface area contributed by atoms with E-state index in [1.54, 1.807) is 24.1 Å². The van der Waals surface area contributed by atoms with Gasteiger partial charge in [-0.1, -0.05) is 30.3 Å². The van der Waals surface area contributed by atoms with E-state index in [1.807, 2.05) is 43.3 Å². The number of carboxylic acid groups (broad SMARTS) is 1. The van der Waals surface area contributed by atoms with E-state index in [-0.39, 0.29) is 12.5 Å². The molecule has 0 radical (unpaired) electrons. The number of hydrogen-bond acceptors (Lipinski definition) is 4. The fourth-order valence-electron chi connectivity index (χ4n) is 2.17. The van der Waals surface area contributed by atoms with Gasteiger partial charge in [-0.05, 0) is 36.2 Å². The number of nitrogens with zero attached hydrogens (tertiary/aromatic N) is 1. The molecule has 0 aliphatic carbocycles. The molecule has 0 saturated heterocycles. The van der Waals surface area contributed by atoms with E-state index in [2.05, 4.69) is 0 Å². The van der Waals surface area contributed by atoms with Crippen molar-refractivity contribution in [1.29, 1.82) is 0 Å². The molecule has 0 fully saturated rings. The Morgan fingerprint density at radius 1 is 1.12 bits per heavy atom. The average molecular weight is 359 g/mol. The Balaban J connectivity index is 1.84. The number of carboxylic acids is 1. The summed E-state index contributed by atoms with van der Waals surface area (Å²) in [6.07, 6.45) is 0. The maximum atomic E-state index is 12.3. The number of hydrogen-bond donors (Lipinski definition) is 1. The molecule has 0 aliphatic rings. The zero-order valence-electron chi connectivity index (χ0n) is 14.3. The number of carbonyl (C=O) groups is 2. The first kappa shape index (κ1) is 18.9. The van der Waals surface area contributed by atoms with Crippen molar-refractivity contribution in [1.82, 2.24) is 4.90 Å². The molecule has 0 heterocycles. The molecule has 2 aromatic rings. The lowest BCUT2D eigenvalue weighted by atomic mass is 10.2. The van der Waals surface area contributed by atoms with E-state index in [0.29, 0.717) is 18.0 Å². The SMILES string of the molecule is Cc1ccccc1SCC(=O)N(C)Cc1ccc(OCC(=O)O)cc1. The normalized spacial score (nSPS) is 10.3. The Hall–Kier alpha value is -2.47. The van der Waals surface area contributed by atoms with E-state index < -0.39 is 5.97 Å². The highest BCUT2D eigenvalue weighted by atomic mass is 32.2. The van der Waals surface area contributed by atoms with Gasteiger partial charge in [0.2, 0.25) is 5.91 Å². The van der Waals surface area contributed by atoms with Crippen molar-refractivity contribution in [3.8, 4) is 5.75 Å². The third-order valence-electron chi connectivity index (χ3n) is 3.58. The van der Waals surface area contributed by atoms with Crippen LogP contribution in [-0.4, -0.2) is 41.3 Å². The van der Waals surface area contributed by atoms with E-state index >= 15 is 0 Å². The highest BCUT2D eigenvalue weighted by Gasteiger charge is 2.11. The van der Waals surface area contributed by atoms with Gasteiger partial charge in [0.15, 0.2) is 6.61 Å². The van der Waals surface area contributed by atoms with E-state index in [9.17, 15) is 9.59 Å². The largest absolute Gasteiger partial charge is 0.482 e. The lowest BCUT2D eigenvalue weighted by Gasteiger charge is -2.17. The highest BCUT2D eigenvalue weighted by molar-refractivity contribution is 8.00. The number of rotatable bonds is 8. The molecule has 0 atom stereocenters. The van der Waals surface area contributed by atoms with Gasteiger partial charge in [0, 0.05) is 18.5 Å². The number of aliphatic carboxylic acids is 1. The second-order valence-electron chi connectivity index (χ2n) is 5.63. The molecule has 0 saturated carbocycles. The van der Waals surface area contributed by atoms with Crippen molar-refractivity contribution in [2.75, 3.05) is 19.4 Å². The predicted molar refractivity (Wildman–Crippen MR) is 97.9 cm³/mol. The summed E-state index contributed by atoms with van der Waals surface area (Å²) in [4.78, 5) is 25.6. The molecule has 1 amide bonds. The van der Waals surface area contributed by atoms with E-state index in [1.165, 1.54) is 17.3 Å². The number of amides is 1. The van der Waals surface area contributed by atoms with Crippen molar-refractivity contribution in [2.45, 2.75) is 18.4 Å². The van der Waals surface area contributed by atoms with Crippen molar-refractivity contribution >= 4 is 23.6 Å². The first-order valence-electron chi connectivity index (χ1n) is 7.81. The van der Waals surface area contributed by atoms with Crippen molar-refractivity contribution in [3.05, 3.63) is 59.7 Å². The number of aryl methyl sites for hydroxylation is 1. The lowest BCUT2D eigenvalue weighted by molar-refractivity contribution is -0.139. The first-order valence-corrected chi connectivity index (χ1v) is 8.80. The summed E-state index contributed by atoms with van der Waals surface area (Å²) in [6.45, 7) is 2.16. The minimum atomic E-state index is -1.01. The minimum absolute atomic E-state index is 0.0551. The summed E-state index contributed by atoms with van der Waals surface area (Å²) in [5, 5.41) is 8.59. The monoisotopic (exact) mass is 359 g/mol. The van der Waals surface area contributed by atoms with Crippen LogP contribution in [0.1, 0.15) is 11.1 Å². The molecule has 2 rings (SSSR count). The van der Waals surface area contributed by atoms with Crippen LogP contribution in [0.5, 0.6) is 5.75 Å². The Labute approximate surface area is 151 Å². The lowest BCUT2D eigenvalue weighted by Crippen LogP contribution is -2.27. The maximum Gasteiger partial charge on any atom is 0.341 e. The molecule has 0 bridgehead atoms. The summed E-state index contributed by atoms with van der Waals surface area (Å²) in [6, 6.07) is 15.1. The fraction of sp³-hybridized carbons (Fsp3) is 0.263. The molecule has 0 unspecified atom stereocenters. The predicted octanol–water partition coefficient (Wildman–Crippen LogP) is 3.21. The van der Waals surface area contributed by atoms with Crippen molar-refractivity contribution in [3.63, 3.8) is 0 Å². The zero-order chi connectivity index (χ0) is 18.2. The fourth-order valence-corrected chi connectivity index (χ4v) is 3.14. The molecule has 2 aromatic carbocycles. The maximum absolute atomic E-state index is 12.3. The van der Waals surface area contributed by atoms with Gasteiger partial charge >= 0.3 is 5.97 Å². The molecule has 0 aromatic heterocycles. The molecule has 5 nitrogen and oxygen atoms in total. The van der Waals surface area contributed by atoms with Crippen LogP contribution in [0.15, 0.2) is 53.4 Å². The van der Waals surface area contributed by atoms with Gasteiger partial charge in [-0.2, -0.15) is 0 Å². The summed E-state index contributed by atoms with van der Waals surface area (Å²) < 4.78 is 5.09. The van der Waals surface area contributed by atoms with Gasteiger partial charge in [-0.15, -0.1) is 11.8 Å². The molecule has 132 valence electrons. The second kappa shape index (κ2) is 9.13. The van der Waals surface area contributed by atoms with Crippen molar-refractivity contribution < 1.29 is 19.4 Å². The summed E-state index contributed by atoms with van der Waals surface area (Å²) in [5.41, 5.74) is 2.12. The summed E-state index contributed by atoms with van der Waals surface area (Å²) in [5.74, 6) is -0.0727. The van der Waals surface area contributed by atoms with Crippen LogP contribution >= 0.6 is 11.8 Å². The van der Waals surface area contributed by atoms with Crippen LogP contribution in [-0.2, 0) is 16.1 Å². The number of benzene rings is 2. The summed E-state index contributed by atoms with van der Waals surface area (Å²) in [7, 11) is 1.77. The van der Waals surface area contributed by atoms with Crippen LogP contribution in [0.4, 0.5) is 0 Å². The second-order valence-corrected chi connectivity index (χ2v) is 6.65. The smallest absolute Gasteiger partial charge is 0.341 e. The minimum Gasteiger partial charge on any atom is -0.482 e. The Morgan fingerprint density at radius 3 is 2.44 bits per heavy atom. The Morgan fingerprint density at radius 2 is 1.80 bits per heavy atom. The van der Waals surface area contributed by atoms with Gasteiger partial charge in [0.1, 0.15) is 5.75 Å². The molecular weight excluding hydrogens is 338 g/mol. The van der Waals surface area contributed by atoms with Crippen LogP contribution in [0.25, 0.3) is 0 Å². The van der Waals surface area contributed by atoms with Crippen molar-refractivity contribution in [2.24, 2.45) is 0 Å². The number of ether oxygens (including phenoxy) is 1. The number of thioether (sulfide) groups is 1. The summed E-state index contributed by atoms with van der Waals surface area (Å²) >= 11 is 1.54. The highest BCUT2D eigenvalue weighted by Crippen LogP contribution is 2.22. The molecule has 1 N–H and O–H groups in total. The Kier molecular flexibility index (Phi) is 6.89. The number of carbonyl (C=O) groups excluding carboxylic acids is 1. The molecular formula is C19H21NO4S. The molecule has 6 heteroatoms. The molecule has 0 spiro atoms. The van der Waals surface area contributed by atoms with Crippen LogP contribution in [0, 0.1) is 6.92 Å². The van der Waals surface area contributed by atoms with Gasteiger partial charge in [-0.3, -0.25) is 4.79 Å². The van der Waals surface area contributed by atoms with E-state index in [4.69, 9.17) is 9.84 Å². The van der Waals surface area contributed by atoms with Gasteiger partial charge in [0.05, 0.1) is 5.75 Å². The topological polar surface area (TPSA) is 66.8 Å². The van der Waals surface area contributed by atoms with E-state index in [0.717, 1.165) is 10.5 Å². The zero-order valence-corrected chi connectivity index (χ0v) is 15.1. The quantitative estimate of drug-likeness (QED) is 0.733. The third-order valence-corrected chi connectivity index (χ3v) is 4.74. The molecule has 0 aliphatic heterocycles. The van der Waals surface area contributed by atoms with Gasteiger partial charge in [0.25, 0.3) is 0 Å². The van der Waals surface area contributed by atoms with Crippen LogP contribution in [0.2, 0.25) is 0 Å². The molecule has 25 heavy (non-hydrogen) atoms. The Bertz CT molecular complexity index is 730. The van der Waals surface area contributed by atoms with Crippen LogP contribution in [0.3, 0.4) is 0 Å². The van der Waals surface area contributed by atoms with Crippen LogP contribution < -0.4 is 4.74 Å².